The number of ether oxygens (including phenoxy) is 1. The molecule has 0 aromatic heterocycles. The zero-order valence-corrected chi connectivity index (χ0v) is 17.8. The predicted octanol–water partition coefficient (Wildman–Crippen LogP) is 3.39. The van der Waals surface area contributed by atoms with Crippen molar-refractivity contribution in [3.8, 4) is 16.9 Å². The molecule has 0 radical (unpaired) electrons. The van der Waals surface area contributed by atoms with E-state index < -0.39 is 0 Å². The van der Waals surface area contributed by atoms with Crippen molar-refractivity contribution in [2.75, 3.05) is 38.1 Å². The molecule has 0 spiro atoms. The van der Waals surface area contributed by atoms with Crippen LogP contribution in [0.5, 0.6) is 5.75 Å². The van der Waals surface area contributed by atoms with Gasteiger partial charge in [0.1, 0.15) is 12.4 Å². The van der Waals surface area contributed by atoms with Crippen LogP contribution < -0.4 is 10.1 Å². The largest absolute Gasteiger partial charge is 0.490 e. The monoisotopic (exact) mass is 419 g/mol. The summed E-state index contributed by atoms with van der Waals surface area (Å²) in [6.07, 6.45) is 4.34. The summed E-state index contributed by atoms with van der Waals surface area (Å²) >= 11 is 0. The van der Waals surface area contributed by atoms with Crippen LogP contribution in [-0.2, 0) is 9.59 Å². The van der Waals surface area contributed by atoms with Crippen molar-refractivity contribution in [3.63, 3.8) is 0 Å². The van der Waals surface area contributed by atoms with Crippen LogP contribution in [0.3, 0.4) is 0 Å². The van der Waals surface area contributed by atoms with Gasteiger partial charge in [-0.2, -0.15) is 0 Å². The number of rotatable bonds is 2. The van der Waals surface area contributed by atoms with Gasteiger partial charge in [0, 0.05) is 25.6 Å². The number of piperazine rings is 1. The highest BCUT2D eigenvalue weighted by atomic mass is 16.5. The van der Waals surface area contributed by atoms with Gasteiger partial charge < -0.3 is 15.0 Å². The van der Waals surface area contributed by atoms with Crippen LogP contribution in [0.2, 0.25) is 0 Å². The third-order valence-electron chi connectivity index (χ3n) is 6.76. The number of carbonyl (C=O) groups is 2. The van der Waals surface area contributed by atoms with Gasteiger partial charge in [-0.15, -0.1) is 0 Å². The maximum Gasteiger partial charge on any atom is 0.238 e. The van der Waals surface area contributed by atoms with Crippen molar-refractivity contribution >= 4 is 17.5 Å². The summed E-state index contributed by atoms with van der Waals surface area (Å²) in [6, 6.07) is 16.0. The lowest BCUT2D eigenvalue weighted by Crippen LogP contribution is -2.58. The molecule has 0 bridgehead atoms. The SMILES string of the molecule is O=C1CN2CCN(C(=O)C3CCCC3)C[C@H]2COc2ccc(-c3ccccc3)cc2N1. The van der Waals surface area contributed by atoms with E-state index in [-0.39, 0.29) is 23.8 Å². The molecule has 6 nitrogen and oxygen atoms in total. The number of nitrogens with zero attached hydrogens (tertiary/aromatic N) is 2. The maximum absolute atomic E-state index is 12.9. The van der Waals surface area contributed by atoms with Crippen molar-refractivity contribution in [1.29, 1.82) is 0 Å². The molecule has 2 aromatic carbocycles. The Balaban J connectivity index is 1.34. The minimum absolute atomic E-state index is 0.0182. The predicted molar refractivity (Wildman–Crippen MR) is 120 cm³/mol. The first-order valence-electron chi connectivity index (χ1n) is 11.3. The van der Waals surface area contributed by atoms with Crippen molar-refractivity contribution in [2.45, 2.75) is 31.7 Å². The highest BCUT2D eigenvalue weighted by Crippen LogP contribution is 2.32. The van der Waals surface area contributed by atoms with E-state index in [9.17, 15) is 9.59 Å². The lowest BCUT2D eigenvalue weighted by molar-refractivity contribution is -0.139. The lowest BCUT2D eigenvalue weighted by Gasteiger charge is -2.41. The Morgan fingerprint density at radius 2 is 1.81 bits per heavy atom. The van der Waals surface area contributed by atoms with Crippen LogP contribution in [0, 0.1) is 5.92 Å². The first kappa shape index (κ1) is 20.1. The van der Waals surface area contributed by atoms with Crippen molar-refractivity contribution < 1.29 is 14.3 Å². The molecule has 2 fully saturated rings. The third-order valence-corrected chi connectivity index (χ3v) is 6.76. The van der Waals surface area contributed by atoms with Crippen molar-refractivity contribution in [3.05, 3.63) is 48.5 Å². The van der Waals surface area contributed by atoms with Crippen LogP contribution in [-0.4, -0.2) is 60.4 Å². The molecular formula is C25H29N3O3. The average Bonchev–Trinajstić information content (AvgIpc) is 3.35. The standard InChI is InChI=1S/C25H29N3O3/c29-24-16-27-12-13-28(25(30)19-8-4-5-9-19)15-21(27)17-31-23-11-10-20(14-22(23)26-24)18-6-2-1-3-7-18/h1-3,6-7,10-11,14,19,21H,4-5,8-9,12-13,15-17H2,(H,26,29)/t21-/m0/s1. The lowest BCUT2D eigenvalue weighted by atomic mass is 10.0. The van der Waals surface area contributed by atoms with Gasteiger partial charge in [-0.25, -0.2) is 0 Å². The summed E-state index contributed by atoms with van der Waals surface area (Å²) in [6.45, 7) is 2.78. The van der Waals surface area contributed by atoms with Gasteiger partial charge in [-0.3, -0.25) is 14.5 Å². The van der Waals surface area contributed by atoms with E-state index in [4.69, 9.17) is 4.74 Å². The number of amides is 2. The molecule has 2 heterocycles. The summed E-state index contributed by atoms with van der Waals surface area (Å²) < 4.78 is 6.18. The van der Waals surface area contributed by atoms with E-state index in [0.29, 0.717) is 44.2 Å². The number of carbonyl (C=O) groups excluding carboxylic acids is 2. The number of hydrogen-bond donors (Lipinski definition) is 1. The molecule has 2 aromatic rings. The Bertz CT molecular complexity index is 956. The minimum atomic E-state index is -0.0440. The average molecular weight is 420 g/mol. The smallest absolute Gasteiger partial charge is 0.238 e. The van der Waals surface area contributed by atoms with Gasteiger partial charge in [0.05, 0.1) is 18.3 Å². The first-order chi connectivity index (χ1) is 15.2. The zero-order chi connectivity index (χ0) is 21.2. The fourth-order valence-electron chi connectivity index (χ4n) is 5.01. The molecule has 1 saturated carbocycles. The van der Waals surface area contributed by atoms with E-state index in [1.54, 1.807) is 0 Å². The minimum Gasteiger partial charge on any atom is -0.490 e. The molecule has 0 unspecified atom stereocenters. The number of fused-ring (bicyclic) bond motifs is 2. The Hall–Kier alpha value is -2.86. The van der Waals surface area contributed by atoms with Crippen LogP contribution >= 0.6 is 0 Å². The van der Waals surface area contributed by atoms with Gasteiger partial charge in [0.15, 0.2) is 0 Å². The van der Waals surface area contributed by atoms with Crippen LogP contribution in [0.1, 0.15) is 25.7 Å². The molecule has 1 N–H and O–H groups in total. The Morgan fingerprint density at radius 3 is 2.61 bits per heavy atom. The highest BCUT2D eigenvalue weighted by Gasteiger charge is 2.35. The summed E-state index contributed by atoms with van der Waals surface area (Å²) in [7, 11) is 0. The second-order valence-electron chi connectivity index (χ2n) is 8.83. The normalized spacial score (nSPS) is 22.4. The Labute approximate surface area is 183 Å². The quantitative estimate of drug-likeness (QED) is 0.811. The maximum atomic E-state index is 12.9. The van der Waals surface area contributed by atoms with Crippen molar-refractivity contribution in [2.24, 2.45) is 5.92 Å². The van der Waals surface area contributed by atoms with Gasteiger partial charge in [-0.1, -0.05) is 49.2 Å². The number of nitrogens with one attached hydrogen (secondary N) is 1. The van der Waals surface area contributed by atoms with E-state index in [2.05, 4.69) is 22.3 Å². The molecule has 162 valence electrons. The second-order valence-corrected chi connectivity index (χ2v) is 8.83. The van der Waals surface area contributed by atoms with Gasteiger partial charge in [0.2, 0.25) is 11.8 Å². The fraction of sp³-hybridized carbons (Fsp3) is 0.440. The van der Waals surface area contributed by atoms with E-state index >= 15 is 0 Å². The summed E-state index contributed by atoms with van der Waals surface area (Å²) in [5.41, 5.74) is 2.83. The van der Waals surface area contributed by atoms with Gasteiger partial charge in [-0.05, 0) is 36.1 Å². The van der Waals surface area contributed by atoms with Crippen LogP contribution in [0.4, 0.5) is 5.69 Å². The summed E-state index contributed by atoms with van der Waals surface area (Å²) in [5.74, 6) is 1.10. The molecule has 2 amide bonds. The second kappa shape index (κ2) is 8.71. The first-order valence-corrected chi connectivity index (χ1v) is 11.3. The molecule has 5 rings (SSSR count). The molecule has 2 aliphatic heterocycles. The molecule has 3 aliphatic rings. The molecule has 1 saturated heterocycles. The molecule has 1 aliphatic carbocycles. The van der Waals surface area contributed by atoms with E-state index in [1.807, 2.05) is 41.3 Å². The summed E-state index contributed by atoms with van der Waals surface area (Å²) in [4.78, 5) is 29.9. The van der Waals surface area contributed by atoms with Gasteiger partial charge >= 0.3 is 0 Å². The molecular weight excluding hydrogens is 390 g/mol. The van der Waals surface area contributed by atoms with Crippen molar-refractivity contribution in [1.82, 2.24) is 9.80 Å². The molecule has 1 atom stereocenters. The zero-order valence-electron chi connectivity index (χ0n) is 17.8. The summed E-state index contributed by atoms with van der Waals surface area (Å²) in [5, 5.41) is 3.04. The Morgan fingerprint density at radius 1 is 1.00 bits per heavy atom. The number of anilines is 1. The topological polar surface area (TPSA) is 61.9 Å². The Kier molecular flexibility index (Phi) is 5.64. The van der Waals surface area contributed by atoms with E-state index in [0.717, 1.165) is 36.8 Å². The third kappa shape index (κ3) is 4.30. The van der Waals surface area contributed by atoms with Crippen LogP contribution in [0.15, 0.2) is 48.5 Å². The molecule has 31 heavy (non-hydrogen) atoms. The molecule has 6 heteroatoms. The van der Waals surface area contributed by atoms with Gasteiger partial charge in [0.25, 0.3) is 0 Å². The number of hydrogen-bond acceptors (Lipinski definition) is 4. The van der Waals surface area contributed by atoms with E-state index in [1.165, 1.54) is 0 Å². The number of benzene rings is 2. The highest BCUT2D eigenvalue weighted by molar-refractivity contribution is 5.94. The van der Waals surface area contributed by atoms with Crippen LogP contribution in [0.25, 0.3) is 11.1 Å². The fourth-order valence-corrected chi connectivity index (χ4v) is 5.01.